The van der Waals surface area contributed by atoms with Gasteiger partial charge in [-0.25, -0.2) is 9.97 Å². The number of hydrogen-bond acceptors (Lipinski definition) is 6. The van der Waals surface area contributed by atoms with Gasteiger partial charge < -0.3 is 15.4 Å². The Morgan fingerprint density at radius 1 is 1.07 bits per heavy atom. The third kappa shape index (κ3) is 5.23. The molecule has 2 aromatic rings. The fourth-order valence-corrected chi connectivity index (χ4v) is 4.68. The molecule has 3 heterocycles. The maximum absolute atomic E-state index is 9.00. The Balaban J connectivity index is 0.000000171. The number of ether oxygens (including phenoxy) is 1. The lowest BCUT2D eigenvalue weighted by Crippen LogP contribution is -2.46. The standard InChI is InChI=1S/C15H16N4.C8H15NO/c16-9-11-6-7-14-13(8-11)15(18-10-17-14)19-12-4-2-1-3-5-12;1-2-7-6-10-5-3-8(7)9-4-1/h6-8,10,12H,1-5H2,(H,17,18,19);7-9H,1-6H2. The monoisotopic (exact) mass is 393 g/mol. The molecule has 1 aromatic heterocycles. The van der Waals surface area contributed by atoms with Gasteiger partial charge in [-0.2, -0.15) is 5.26 Å². The van der Waals surface area contributed by atoms with Crippen molar-refractivity contribution in [3.05, 3.63) is 30.1 Å². The summed E-state index contributed by atoms with van der Waals surface area (Å²) in [4.78, 5) is 8.59. The van der Waals surface area contributed by atoms with E-state index in [1.54, 1.807) is 12.4 Å². The highest BCUT2D eigenvalue weighted by molar-refractivity contribution is 5.89. The van der Waals surface area contributed by atoms with E-state index in [9.17, 15) is 0 Å². The molecule has 29 heavy (non-hydrogen) atoms. The number of piperidine rings is 1. The zero-order chi connectivity index (χ0) is 19.9. The van der Waals surface area contributed by atoms with Crippen LogP contribution in [0.25, 0.3) is 10.9 Å². The smallest absolute Gasteiger partial charge is 0.137 e. The van der Waals surface area contributed by atoms with Gasteiger partial charge in [-0.15, -0.1) is 0 Å². The van der Waals surface area contributed by atoms with Crippen LogP contribution in [0.5, 0.6) is 0 Å². The van der Waals surface area contributed by atoms with Gasteiger partial charge in [0.25, 0.3) is 0 Å². The first-order valence-electron chi connectivity index (χ1n) is 11.1. The highest BCUT2D eigenvalue weighted by Gasteiger charge is 2.27. The van der Waals surface area contributed by atoms with Crippen molar-refractivity contribution in [2.45, 2.75) is 63.5 Å². The van der Waals surface area contributed by atoms with E-state index in [-0.39, 0.29) is 0 Å². The van der Waals surface area contributed by atoms with Gasteiger partial charge in [0.2, 0.25) is 0 Å². The molecule has 3 aliphatic rings. The van der Waals surface area contributed by atoms with Gasteiger partial charge in [-0.1, -0.05) is 19.3 Å². The Hall–Kier alpha value is -2.23. The molecule has 154 valence electrons. The number of fused-ring (bicyclic) bond motifs is 2. The molecule has 0 radical (unpaired) electrons. The van der Waals surface area contributed by atoms with Crippen molar-refractivity contribution < 1.29 is 4.74 Å². The van der Waals surface area contributed by atoms with E-state index in [0.717, 1.165) is 41.9 Å². The second-order valence-electron chi connectivity index (χ2n) is 8.37. The van der Waals surface area contributed by atoms with Crippen LogP contribution in [-0.4, -0.2) is 41.8 Å². The average Bonchev–Trinajstić information content (AvgIpc) is 2.80. The minimum atomic E-state index is 0.498. The summed E-state index contributed by atoms with van der Waals surface area (Å²) in [5, 5.41) is 17.0. The van der Waals surface area contributed by atoms with E-state index in [1.807, 2.05) is 12.1 Å². The maximum Gasteiger partial charge on any atom is 0.137 e. The topological polar surface area (TPSA) is 82.9 Å². The van der Waals surface area contributed by atoms with Crippen LogP contribution in [0.2, 0.25) is 0 Å². The number of nitriles is 1. The van der Waals surface area contributed by atoms with Crippen LogP contribution in [0.15, 0.2) is 24.5 Å². The first kappa shape index (κ1) is 20.1. The number of anilines is 1. The molecular formula is C23H31N5O. The van der Waals surface area contributed by atoms with Crippen molar-refractivity contribution in [1.82, 2.24) is 15.3 Å². The van der Waals surface area contributed by atoms with Gasteiger partial charge in [-0.3, -0.25) is 0 Å². The minimum Gasteiger partial charge on any atom is -0.381 e. The number of aromatic nitrogens is 2. The molecule has 1 saturated carbocycles. The summed E-state index contributed by atoms with van der Waals surface area (Å²) in [5.74, 6) is 1.68. The van der Waals surface area contributed by atoms with Crippen molar-refractivity contribution in [3.8, 4) is 6.07 Å². The van der Waals surface area contributed by atoms with Crippen LogP contribution in [0.3, 0.4) is 0 Å². The Labute approximate surface area is 173 Å². The molecule has 6 heteroatoms. The Bertz CT molecular complexity index is 817. The SMILES string of the molecule is C1CNC2CCOCC2C1.N#Cc1ccc2ncnc(NC3CCCCC3)c2c1. The first-order valence-corrected chi connectivity index (χ1v) is 11.1. The zero-order valence-electron chi connectivity index (χ0n) is 17.1. The van der Waals surface area contributed by atoms with Crippen LogP contribution in [0.1, 0.15) is 56.9 Å². The van der Waals surface area contributed by atoms with Gasteiger partial charge in [0.15, 0.2) is 0 Å². The highest BCUT2D eigenvalue weighted by atomic mass is 16.5. The molecule has 2 atom stereocenters. The van der Waals surface area contributed by atoms with Crippen molar-refractivity contribution in [2.24, 2.45) is 5.92 Å². The second kappa shape index (κ2) is 10.00. The number of benzene rings is 1. The third-order valence-electron chi connectivity index (χ3n) is 6.34. The van der Waals surface area contributed by atoms with E-state index in [0.29, 0.717) is 11.6 Å². The third-order valence-corrected chi connectivity index (χ3v) is 6.34. The van der Waals surface area contributed by atoms with Crippen molar-refractivity contribution >= 4 is 16.7 Å². The maximum atomic E-state index is 9.00. The lowest BCUT2D eigenvalue weighted by molar-refractivity contribution is 0.0187. The van der Waals surface area contributed by atoms with Crippen LogP contribution in [0, 0.1) is 17.2 Å². The molecule has 0 bridgehead atoms. The van der Waals surface area contributed by atoms with Crippen molar-refractivity contribution in [2.75, 3.05) is 25.1 Å². The number of hydrogen-bond donors (Lipinski definition) is 2. The summed E-state index contributed by atoms with van der Waals surface area (Å²) >= 11 is 0. The Morgan fingerprint density at radius 2 is 1.97 bits per heavy atom. The number of nitrogens with zero attached hydrogens (tertiary/aromatic N) is 3. The van der Waals surface area contributed by atoms with E-state index < -0.39 is 0 Å². The molecule has 6 nitrogen and oxygen atoms in total. The number of nitrogens with one attached hydrogen (secondary N) is 2. The second-order valence-corrected chi connectivity index (χ2v) is 8.37. The Morgan fingerprint density at radius 3 is 2.79 bits per heavy atom. The lowest BCUT2D eigenvalue weighted by atomic mass is 9.88. The van der Waals surface area contributed by atoms with Crippen LogP contribution >= 0.6 is 0 Å². The normalized spacial score (nSPS) is 24.7. The molecule has 1 aliphatic carbocycles. The van der Waals surface area contributed by atoms with Crippen molar-refractivity contribution in [3.63, 3.8) is 0 Å². The summed E-state index contributed by atoms with van der Waals surface area (Å²) in [6.07, 6.45) is 11.8. The predicted octanol–water partition coefficient (Wildman–Crippen LogP) is 4.02. The summed E-state index contributed by atoms with van der Waals surface area (Å²) in [5.41, 5.74) is 1.53. The fraction of sp³-hybridized carbons (Fsp3) is 0.609. The zero-order valence-corrected chi connectivity index (χ0v) is 17.1. The van der Waals surface area contributed by atoms with Crippen LogP contribution in [0.4, 0.5) is 5.82 Å². The molecule has 2 saturated heterocycles. The van der Waals surface area contributed by atoms with Gasteiger partial charge in [-0.05, 0) is 62.8 Å². The summed E-state index contributed by atoms with van der Waals surface area (Å²) in [6.45, 7) is 3.19. The van der Waals surface area contributed by atoms with E-state index in [1.165, 1.54) is 57.9 Å². The van der Waals surface area contributed by atoms with E-state index >= 15 is 0 Å². The molecule has 2 aliphatic heterocycles. The molecular weight excluding hydrogens is 362 g/mol. The molecule has 2 unspecified atom stereocenters. The Kier molecular flexibility index (Phi) is 6.91. The lowest BCUT2D eigenvalue weighted by Gasteiger charge is -2.35. The largest absolute Gasteiger partial charge is 0.381 e. The molecule has 3 fully saturated rings. The highest BCUT2D eigenvalue weighted by Crippen LogP contribution is 2.25. The summed E-state index contributed by atoms with van der Waals surface area (Å²) in [7, 11) is 0. The number of rotatable bonds is 2. The van der Waals surface area contributed by atoms with Gasteiger partial charge in [0.05, 0.1) is 23.8 Å². The van der Waals surface area contributed by atoms with E-state index in [2.05, 4.69) is 26.7 Å². The van der Waals surface area contributed by atoms with Crippen molar-refractivity contribution in [1.29, 1.82) is 5.26 Å². The summed E-state index contributed by atoms with van der Waals surface area (Å²) < 4.78 is 5.40. The quantitative estimate of drug-likeness (QED) is 0.802. The predicted molar refractivity (Wildman–Crippen MR) is 115 cm³/mol. The van der Waals surface area contributed by atoms with Crippen LogP contribution < -0.4 is 10.6 Å². The molecule has 2 N–H and O–H groups in total. The molecule has 1 aromatic carbocycles. The van der Waals surface area contributed by atoms with Gasteiger partial charge >= 0.3 is 0 Å². The molecule has 5 rings (SSSR count). The van der Waals surface area contributed by atoms with Gasteiger partial charge in [0, 0.05) is 24.1 Å². The summed E-state index contributed by atoms with van der Waals surface area (Å²) in [6, 6.07) is 8.97. The molecule has 0 amide bonds. The minimum absolute atomic E-state index is 0.498. The van der Waals surface area contributed by atoms with Gasteiger partial charge in [0.1, 0.15) is 12.1 Å². The molecule has 0 spiro atoms. The average molecular weight is 394 g/mol. The first-order chi connectivity index (χ1) is 14.3. The fourth-order valence-electron chi connectivity index (χ4n) is 4.68. The van der Waals surface area contributed by atoms with Crippen LogP contribution in [-0.2, 0) is 4.74 Å². The van der Waals surface area contributed by atoms with E-state index in [4.69, 9.17) is 10.00 Å².